The van der Waals surface area contributed by atoms with E-state index in [9.17, 15) is 20.2 Å². The number of nitrogens with zero attached hydrogens (tertiary/aromatic N) is 3. The number of pyridine rings is 1. The van der Waals surface area contributed by atoms with Crippen LogP contribution in [0.2, 0.25) is 0 Å². The van der Waals surface area contributed by atoms with Crippen molar-refractivity contribution in [3.8, 4) is 11.1 Å². The summed E-state index contributed by atoms with van der Waals surface area (Å²) in [7, 11) is 0. The Morgan fingerprint density at radius 3 is 2.19 bits per heavy atom. The Balaban J connectivity index is 2.49. The number of aromatic amines is 1. The van der Waals surface area contributed by atoms with Crippen LogP contribution < -0.4 is 9.88 Å². The van der Waals surface area contributed by atoms with Crippen LogP contribution in [0.25, 0.3) is 22.0 Å². The van der Waals surface area contributed by atoms with E-state index in [1.54, 1.807) is 30.3 Å². The lowest BCUT2D eigenvalue weighted by Crippen LogP contribution is -2.30. The first-order valence-corrected chi connectivity index (χ1v) is 8.60. The minimum atomic E-state index is -0.502. The van der Waals surface area contributed by atoms with Crippen molar-refractivity contribution < 1.29 is 14.8 Å². The summed E-state index contributed by atoms with van der Waals surface area (Å²) in [5.74, 6) is 0.394. The number of aromatic nitrogens is 1. The first-order chi connectivity index (χ1) is 13.0. The lowest BCUT2D eigenvalue weighted by Gasteiger charge is -2.15. The average Bonchev–Trinajstić information content (AvgIpc) is 2.67. The third-order valence-electron chi connectivity index (χ3n) is 4.52. The molecule has 2 aromatic carbocycles. The maximum atomic E-state index is 12.0. The topological polar surface area (TPSA) is 104 Å². The maximum absolute atomic E-state index is 12.0. The van der Waals surface area contributed by atoms with E-state index < -0.39 is 9.85 Å². The number of H-pyrrole nitrogens is 1. The smallest absolute Gasteiger partial charge is 0.258 e. The summed E-state index contributed by atoms with van der Waals surface area (Å²) >= 11 is 0. The predicted molar refractivity (Wildman–Crippen MR) is 103 cm³/mol. The molecule has 0 radical (unpaired) electrons. The summed E-state index contributed by atoms with van der Waals surface area (Å²) in [6.07, 6.45) is 0. The Bertz CT molecular complexity index is 1020. The Morgan fingerprint density at radius 2 is 1.63 bits per heavy atom. The van der Waals surface area contributed by atoms with Gasteiger partial charge in [-0.2, -0.15) is 0 Å². The number of anilines is 1. The van der Waals surface area contributed by atoms with E-state index in [4.69, 9.17) is 0 Å². The molecule has 1 aromatic heterocycles. The largest absolute Gasteiger partial charge is 0.365 e. The van der Waals surface area contributed by atoms with Crippen LogP contribution in [0, 0.1) is 20.2 Å². The number of nitrogens with one attached hydrogen (secondary N) is 1. The lowest BCUT2D eigenvalue weighted by atomic mass is 9.98. The van der Waals surface area contributed by atoms with Gasteiger partial charge in [0, 0.05) is 17.5 Å². The molecule has 138 valence electrons. The molecular weight excluding hydrogens is 348 g/mol. The number of nitro groups is 2. The van der Waals surface area contributed by atoms with Crippen molar-refractivity contribution in [3.63, 3.8) is 0 Å². The van der Waals surface area contributed by atoms with Gasteiger partial charge >= 0.3 is 11.5 Å². The molecule has 0 spiro atoms. The Labute approximate surface area is 155 Å². The second kappa shape index (κ2) is 7.36. The predicted octanol–water partition coefficient (Wildman–Crippen LogP) is 3.98. The number of rotatable bonds is 6. The standard InChI is InChI=1S/C19H18N4O4/c1-3-21(4-2)19-18(23(26)27)17(13-8-6-5-7-9-13)15-12-14(22(24)25)10-11-16(15)20-19/h5-12H,3-4H2,1-2H3/p+1. The average molecular weight is 367 g/mol. The molecule has 0 saturated carbocycles. The molecule has 1 heterocycles. The van der Waals surface area contributed by atoms with E-state index in [0.29, 0.717) is 40.9 Å². The molecular formula is C19H19N4O4+. The first-order valence-electron chi connectivity index (χ1n) is 8.60. The molecule has 0 unspecified atom stereocenters. The number of nitro benzene ring substituents is 1. The van der Waals surface area contributed by atoms with E-state index in [1.807, 2.05) is 24.8 Å². The molecule has 27 heavy (non-hydrogen) atoms. The first kappa shape index (κ1) is 18.2. The van der Waals surface area contributed by atoms with Gasteiger partial charge in [-0.25, -0.2) is 4.98 Å². The van der Waals surface area contributed by atoms with Crippen LogP contribution in [0.15, 0.2) is 48.5 Å². The zero-order valence-electron chi connectivity index (χ0n) is 15.0. The highest BCUT2D eigenvalue weighted by atomic mass is 16.6. The van der Waals surface area contributed by atoms with Gasteiger partial charge in [0.25, 0.3) is 5.69 Å². The molecule has 0 aliphatic carbocycles. The van der Waals surface area contributed by atoms with Gasteiger partial charge in [0.15, 0.2) is 0 Å². The van der Waals surface area contributed by atoms with E-state index in [-0.39, 0.29) is 11.4 Å². The van der Waals surface area contributed by atoms with Crippen molar-refractivity contribution in [2.24, 2.45) is 0 Å². The van der Waals surface area contributed by atoms with Crippen LogP contribution in [0.1, 0.15) is 13.8 Å². The Kier molecular flexibility index (Phi) is 4.98. The van der Waals surface area contributed by atoms with E-state index >= 15 is 0 Å². The van der Waals surface area contributed by atoms with Gasteiger partial charge in [-0.05, 0) is 25.5 Å². The molecule has 8 nitrogen and oxygen atoms in total. The lowest BCUT2D eigenvalue weighted by molar-refractivity contribution is -0.401. The summed E-state index contributed by atoms with van der Waals surface area (Å²) in [4.78, 5) is 27.3. The quantitative estimate of drug-likeness (QED) is 0.484. The third kappa shape index (κ3) is 3.29. The highest BCUT2D eigenvalue weighted by molar-refractivity contribution is 6.01. The normalized spacial score (nSPS) is 10.7. The second-order valence-corrected chi connectivity index (χ2v) is 5.98. The zero-order chi connectivity index (χ0) is 19.6. The molecule has 3 aromatic rings. The summed E-state index contributed by atoms with van der Waals surface area (Å²) in [5.41, 5.74) is 1.42. The van der Waals surface area contributed by atoms with Crippen molar-refractivity contribution in [2.45, 2.75) is 13.8 Å². The van der Waals surface area contributed by atoms with Gasteiger partial charge in [-0.1, -0.05) is 30.3 Å². The van der Waals surface area contributed by atoms with Crippen LogP contribution in [0.5, 0.6) is 0 Å². The highest BCUT2D eigenvalue weighted by Gasteiger charge is 2.33. The number of hydrogen-bond donors (Lipinski definition) is 0. The van der Waals surface area contributed by atoms with Gasteiger partial charge in [0.2, 0.25) is 0 Å². The summed E-state index contributed by atoms with van der Waals surface area (Å²) in [6, 6.07) is 13.3. The fraction of sp³-hybridized carbons (Fsp3) is 0.211. The SMILES string of the molecule is CCN(CC)c1[nH+]c2ccc([N+](=O)[O-])cc2c(-c2ccccc2)c1[N+](=O)[O-]. The molecule has 0 fully saturated rings. The zero-order valence-corrected chi connectivity index (χ0v) is 15.0. The minimum absolute atomic E-state index is 0.0853. The molecule has 8 heteroatoms. The minimum Gasteiger partial charge on any atom is -0.258 e. The summed E-state index contributed by atoms with van der Waals surface area (Å²) < 4.78 is 0. The van der Waals surface area contributed by atoms with Gasteiger partial charge in [-0.3, -0.25) is 25.1 Å². The van der Waals surface area contributed by atoms with Crippen molar-refractivity contribution in [1.82, 2.24) is 0 Å². The molecule has 3 rings (SSSR count). The van der Waals surface area contributed by atoms with Crippen molar-refractivity contribution in [1.29, 1.82) is 0 Å². The van der Waals surface area contributed by atoms with Crippen LogP contribution in [-0.4, -0.2) is 22.9 Å². The van der Waals surface area contributed by atoms with Gasteiger partial charge in [-0.15, -0.1) is 0 Å². The van der Waals surface area contributed by atoms with Crippen LogP contribution in [0.4, 0.5) is 17.2 Å². The number of hydrogen-bond acceptors (Lipinski definition) is 5. The maximum Gasteiger partial charge on any atom is 0.365 e. The fourth-order valence-electron chi connectivity index (χ4n) is 3.24. The van der Waals surface area contributed by atoms with Crippen molar-refractivity contribution >= 4 is 28.1 Å². The van der Waals surface area contributed by atoms with E-state index in [0.717, 1.165) is 0 Å². The molecule has 0 atom stereocenters. The third-order valence-corrected chi connectivity index (χ3v) is 4.52. The molecule has 0 saturated heterocycles. The number of fused-ring (bicyclic) bond motifs is 1. The van der Waals surface area contributed by atoms with Crippen LogP contribution in [-0.2, 0) is 0 Å². The van der Waals surface area contributed by atoms with Gasteiger partial charge in [0.1, 0.15) is 5.52 Å². The molecule has 0 bridgehead atoms. The molecule has 0 amide bonds. The summed E-state index contributed by atoms with van der Waals surface area (Å²) in [5, 5.41) is 23.7. The summed E-state index contributed by atoms with van der Waals surface area (Å²) in [6.45, 7) is 5.01. The molecule has 1 N–H and O–H groups in total. The highest BCUT2D eigenvalue weighted by Crippen LogP contribution is 2.41. The fourth-order valence-corrected chi connectivity index (χ4v) is 3.24. The Morgan fingerprint density at radius 1 is 0.963 bits per heavy atom. The van der Waals surface area contributed by atoms with E-state index in [1.165, 1.54) is 12.1 Å². The van der Waals surface area contributed by atoms with Gasteiger partial charge in [0.05, 0.1) is 28.5 Å². The molecule has 0 aliphatic rings. The number of non-ortho nitro benzene ring substituents is 1. The second-order valence-electron chi connectivity index (χ2n) is 5.98. The Hall–Kier alpha value is -3.55. The van der Waals surface area contributed by atoms with Gasteiger partial charge < -0.3 is 0 Å². The van der Waals surface area contributed by atoms with E-state index in [2.05, 4.69) is 4.98 Å². The van der Waals surface area contributed by atoms with Crippen LogP contribution in [0.3, 0.4) is 0 Å². The van der Waals surface area contributed by atoms with Crippen molar-refractivity contribution in [2.75, 3.05) is 18.0 Å². The monoisotopic (exact) mass is 367 g/mol. The van der Waals surface area contributed by atoms with Crippen LogP contribution >= 0.6 is 0 Å². The van der Waals surface area contributed by atoms with Crippen molar-refractivity contribution in [3.05, 3.63) is 68.8 Å². The molecule has 0 aliphatic heterocycles. The number of benzene rings is 2.